The Balaban J connectivity index is 1.92. The number of rotatable bonds is 4. The molecule has 1 unspecified atom stereocenters. The van der Waals surface area contributed by atoms with Gasteiger partial charge in [0.25, 0.3) is 5.69 Å². The Bertz CT molecular complexity index is 664. The second-order valence-corrected chi connectivity index (χ2v) is 6.08. The van der Waals surface area contributed by atoms with Crippen LogP contribution >= 0.6 is 11.3 Å². The molecule has 1 heterocycles. The molecule has 1 aliphatic carbocycles. The van der Waals surface area contributed by atoms with Gasteiger partial charge in [0.15, 0.2) is 0 Å². The molecule has 2 N–H and O–H groups in total. The molecule has 0 saturated heterocycles. The fraction of sp³-hybridized carbons (Fsp3) is 0.357. The molecule has 1 fully saturated rings. The molecule has 3 rings (SSSR count). The zero-order valence-electron chi connectivity index (χ0n) is 11.1. The van der Waals surface area contributed by atoms with Gasteiger partial charge in [0.05, 0.1) is 16.7 Å². The number of aryl methyl sites for hydroxylation is 1. The van der Waals surface area contributed by atoms with Crippen LogP contribution in [0.5, 0.6) is 0 Å². The molecule has 20 heavy (non-hydrogen) atoms. The molecule has 2 aromatic rings. The van der Waals surface area contributed by atoms with Crippen molar-refractivity contribution in [1.29, 1.82) is 0 Å². The highest BCUT2D eigenvalue weighted by atomic mass is 32.1. The van der Waals surface area contributed by atoms with Crippen molar-refractivity contribution in [3.05, 3.63) is 44.3 Å². The number of hydrogen-bond acceptors (Lipinski definition) is 5. The lowest BCUT2D eigenvalue weighted by Crippen LogP contribution is -2.11. The quantitative estimate of drug-likeness (QED) is 0.690. The van der Waals surface area contributed by atoms with Gasteiger partial charge in [-0.3, -0.25) is 10.1 Å². The molecular weight excluding hydrogens is 274 g/mol. The molecular formula is C14H15N3O2S. The summed E-state index contributed by atoms with van der Waals surface area (Å²) < 4.78 is 0. The van der Waals surface area contributed by atoms with Crippen LogP contribution in [0.25, 0.3) is 11.3 Å². The summed E-state index contributed by atoms with van der Waals surface area (Å²) in [6.07, 6.45) is 2.35. The number of aromatic nitrogens is 1. The number of nitro groups is 1. The highest BCUT2D eigenvalue weighted by molar-refractivity contribution is 7.10. The number of hydrogen-bond donors (Lipinski definition) is 1. The van der Waals surface area contributed by atoms with Crippen molar-refractivity contribution in [2.75, 3.05) is 0 Å². The van der Waals surface area contributed by atoms with E-state index in [2.05, 4.69) is 4.98 Å². The molecule has 0 aliphatic heterocycles. The van der Waals surface area contributed by atoms with Crippen LogP contribution in [0, 0.1) is 23.0 Å². The second kappa shape index (κ2) is 4.96. The highest BCUT2D eigenvalue weighted by Gasteiger charge is 2.31. The molecule has 0 spiro atoms. The first-order chi connectivity index (χ1) is 9.56. The van der Waals surface area contributed by atoms with Gasteiger partial charge in [-0.1, -0.05) is 12.1 Å². The summed E-state index contributed by atoms with van der Waals surface area (Å²) in [7, 11) is 0. The van der Waals surface area contributed by atoms with Gasteiger partial charge in [0.1, 0.15) is 5.01 Å². The van der Waals surface area contributed by atoms with Gasteiger partial charge in [0.2, 0.25) is 0 Å². The van der Waals surface area contributed by atoms with E-state index in [1.807, 2.05) is 11.4 Å². The molecule has 104 valence electrons. The number of nitrogens with zero attached hydrogens (tertiary/aromatic N) is 2. The average Bonchev–Trinajstić information content (AvgIpc) is 3.15. The van der Waals surface area contributed by atoms with E-state index >= 15 is 0 Å². The monoisotopic (exact) mass is 289 g/mol. The molecule has 1 saturated carbocycles. The van der Waals surface area contributed by atoms with Crippen LogP contribution in [0.1, 0.15) is 29.5 Å². The van der Waals surface area contributed by atoms with Crippen molar-refractivity contribution in [2.45, 2.75) is 25.8 Å². The Kier molecular flexibility index (Phi) is 3.27. The number of benzene rings is 1. The first-order valence-electron chi connectivity index (χ1n) is 6.52. The predicted molar refractivity (Wildman–Crippen MR) is 78.6 cm³/mol. The minimum atomic E-state index is -0.359. The summed E-state index contributed by atoms with van der Waals surface area (Å²) >= 11 is 1.53. The first-order valence-corrected chi connectivity index (χ1v) is 7.40. The molecule has 0 radical (unpaired) electrons. The fourth-order valence-electron chi connectivity index (χ4n) is 2.20. The van der Waals surface area contributed by atoms with Crippen molar-refractivity contribution in [3.63, 3.8) is 0 Å². The van der Waals surface area contributed by atoms with Crippen LogP contribution in [0.15, 0.2) is 23.6 Å². The lowest BCUT2D eigenvalue weighted by molar-refractivity contribution is -0.385. The second-order valence-electron chi connectivity index (χ2n) is 5.19. The Morgan fingerprint density at radius 2 is 2.25 bits per heavy atom. The van der Waals surface area contributed by atoms with Gasteiger partial charge in [-0.25, -0.2) is 4.98 Å². The van der Waals surface area contributed by atoms with Gasteiger partial charge in [-0.05, 0) is 25.7 Å². The Hall–Kier alpha value is -1.79. The van der Waals surface area contributed by atoms with Crippen LogP contribution in [-0.4, -0.2) is 9.91 Å². The van der Waals surface area contributed by atoms with E-state index in [-0.39, 0.29) is 16.7 Å². The molecule has 6 heteroatoms. The lowest BCUT2D eigenvalue weighted by Gasteiger charge is -2.05. The molecule has 1 aromatic carbocycles. The van der Waals surface area contributed by atoms with Crippen molar-refractivity contribution < 1.29 is 4.92 Å². The van der Waals surface area contributed by atoms with E-state index in [1.165, 1.54) is 24.2 Å². The van der Waals surface area contributed by atoms with Crippen LogP contribution in [0.2, 0.25) is 0 Å². The normalized spacial score (nSPS) is 16.1. The zero-order chi connectivity index (χ0) is 14.3. The summed E-state index contributed by atoms with van der Waals surface area (Å²) in [4.78, 5) is 15.2. The SMILES string of the molecule is Cc1ccc(-c2csc(C(N)C3CC3)n2)cc1[N+](=O)[O-]. The van der Waals surface area contributed by atoms with Gasteiger partial charge < -0.3 is 5.73 Å². The maximum atomic E-state index is 11.0. The molecule has 1 aliphatic rings. The Morgan fingerprint density at radius 3 is 2.90 bits per heavy atom. The summed E-state index contributed by atoms with van der Waals surface area (Å²) in [6.45, 7) is 1.73. The van der Waals surface area contributed by atoms with E-state index in [0.29, 0.717) is 11.5 Å². The third-order valence-corrected chi connectivity index (χ3v) is 4.58. The summed E-state index contributed by atoms with van der Waals surface area (Å²) in [5, 5.41) is 13.8. The molecule has 1 atom stereocenters. The Labute approximate surface area is 120 Å². The van der Waals surface area contributed by atoms with Gasteiger partial charge >= 0.3 is 0 Å². The minimum absolute atomic E-state index is 0.00850. The van der Waals surface area contributed by atoms with E-state index in [1.54, 1.807) is 19.1 Å². The third-order valence-electron chi connectivity index (χ3n) is 3.64. The summed E-state index contributed by atoms with van der Waals surface area (Å²) in [5.41, 5.74) is 8.46. The van der Waals surface area contributed by atoms with Gasteiger partial charge in [-0.2, -0.15) is 0 Å². The Morgan fingerprint density at radius 1 is 1.50 bits per heavy atom. The van der Waals surface area contributed by atoms with E-state index < -0.39 is 0 Å². The van der Waals surface area contributed by atoms with Crippen LogP contribution < -0.4 is 5.73 Å². The molecule has 1 aromatic heterocycles. The standard InChI is InChI=1S/C14H15N3O2S/c1-8-2-3-10(6-12(8)17(18)19)11-7-20-14(16-11)13(15)9-4-5-9/h2-3,6-7,9,13H,4-5,15H2,1H3. The van der Waals surface area contributed by atoms with Crippen LogP contribution in [-0.2, 0) is 0 Å². The fourth-order valence-corrected chi connectivity index (χ4v) is 3.12. The first kappa shape index (κ1) is 13.2. The maximum Gasteiger partial charge on any atom is 0.272 e. The molecule has 0 amide bonds. The number of thiazole rings is 1. The van der Waals surface area contributed by atoms with Crippen LogP contribution in [0.3, 0.4) is 0 Å². The van der Waals surface area contributed by atoms with Crippen molar-refractivity contribution in [3.8, 4) is 11.3 Å². The van der Waals surface area contributed by atoms with Crippen molar-refractivity contribution >= 4 is 17.0 Å². The van der Waals surface area contributed by atoms with E-state index in [0.717, 1.165) is 16.3 Å². The summed E-state index contributed by atoms with van der Waals surface area (Å²) in [5.74, 6) is 0.557. The zero-order valence-corrected chi connectivity index (χ0v) is 11.9. The maximum absolute atomic E-state index is 11.0. The lowest BCUT2D eigenvalue weighted by atomic mass is 10.1. The largest absolute Gasteiger partial charge is 0.322 e. The average molecular weight is 289 g/mol. The minimum Gasteiger partial charge on any atom is -0.322 e. The van der Waals surface area contributed by atoms with Crippen molar-refractivity contribution in [1.82, 2.24) is 4.98 Å². The van der Waals surface area contributed by atoms with E-state index in [9.17, 15) is 10.1 Å². The highest BCUT2D eigenvalue weighted by Crippen LogP contribution is 2.41. The van der Waals surface area contributed by atoms with Gasteiger partial charge in [0, 0.05) is 22.6 Å². The van der Waals surface area contributed by atoms with Crippen molar-refractivity contribution in [2.24, 2.45) is 11.7 Å². The predicted octanol–water partition coefficient (Wildman–Crippen LogP) is 3.44. The third kappa shape index (κ3) is 2.44. The molecule has 5 nitrogen and oxygen atoms in total. The topological polar surface area (TPSA) is 82.0 Å². The van der Waals surface area contributed by atoms with E-state index in [4.69, 9.17) is 5.73 Å². The smallest absolute Gasteiger partial charge is 0.272 e. The van der Waals surface area contributed by atoms with Crippen LogP contribution in [0.4, 0.5) is 5.69 Å². The summed E-state index contributed by atoms with van der Waals surface area (Å²) in [6, 6.07) is 5.21. The number of nitrogens with two attached hydrogens (primary N) is 1. The molecule has 0 bridgehead atoms. The number of nitro benzene ring substituents is 1. The van der Waals surface area contributed by atoms with Gasteiger partial charge in [-0.15, -0.1) is 11.3 Å².